The number of ketones is 1. The van der Waals surface area contributed by atoms with Gasteiger partial charge in [-0.2, -0.15) is 8.70 Å². The Labute approximate surface area is 202 Å². The number of para-hydroxylation sites is 1. The van der Waals surface area contributed by atoms with Crippen molar-refractivity contribution < 1.29 is 27.1 Å². The second-order valence-electron chi connectivity index (χ2n) is 8.42. The van der Waals surface area contributed by atoms with Crippen LogP contribution in [0, 0.1) is 5.95 Å². The van der Waals surface area contributed by atoms with Gasteiger partial charge >= 0.3 is 0 Å². The van der Waals surface area contributed by atoms with E-state index in [-0.39, 0.29) is 29.7 Å². The fourth-order valence-corrected chi connectivity index (χ4v) is 6.16. The molecule has 35 heavy (non-hydrogen) atoms. The summed E-state index contributed by atoms with van der Waals surface area (Å²) in [6, 6.07) is 15.7. The molecule has 0 bridgehead atoms. The Bertz CT molecular complexity index is 1400. The lowest BCUT2D eigenvalue weighted by molar-refractivity contribution is -0.114. The van der Waals surface area contributed by atoms with Crippen LogP contribution in [-0.4, -0.2) is 48.6 Å². The summed E-state index contributed by atoms with van der Waals surface area (Å²) < 4.78 is 47.6. The minimum Gasteiger partial charge on any atom is -0.492 e. The molecule has 0 spiro atoms. The number of amides is 1. The molecular formula is C25H22FN3O5S. The van der Waals surface area contributed by atoms with Crippen molar-refractivity contribution in [2.75, 3.05) is 18.1 Å². The average Bonchev–Trinajstić information content (AvgIpc) is 3.43. The minimum atomic E-state index is -3.92. The van der Waals surface area contributed by atoms with Crippen molar-refractivity contribution in [1.82, 2.24) is 9.29 Å². The number of Topliss-reactive ketones (excluding diaryl/α,β-unsaturated/α-hetero) is 1. The van der Waals surface area contributed by atoms with Crippen LogP contribution in [-0.2, 0) is 21.4 Å². The van der Waals surface area contributed by atoms with Crippen molar-refractivity contribution in [2.45, 2.75) is 30.3 Å². The van der Waals surface area contributed by atoms with Crippen LogP contribution in [0.3, 0.4) is 0 Å². The molecule has 3 aromatic rings. The zero-order chi connectivity index (χ0) is 24.6. The van der Waals surface area contributed by atoms with Gasteiger partial charge in [0.25, 0.3) is 11.7 Å². The number of aromatic nitrogens is 1. The van der Waals surface area contributed by atoms with Gasteiger partial charge in [-0.25, -0.2) is 13.4 Å². The lowest BCUT2D eigenvalue weighted by Crippen LogP contribution is -2.39. The quantitative estimate of drug-likeness (QED) is 0.369. The second-order valence-corrected chi connectivity index (χ2v) is 10.3. The molecule has 1 saturated heterocycles. The zero-order valence-corrected chi connectivity index (χ0v) is 19.4. The van der Waals surface area contributed by atoms with E-state index in [1.807, 2.05) is 30.3 Å². The highest BCUT2D eigenvalue weighted by Crippen LogP contribution is 2.34. The van der Waals surface area contributed by atoms with Gasteiger partial charge in [0.05, 0.1) is 28.7 Å². The first-order valence-electron chi connectivity index (χ1n) is 11.1. The highest BCUT2D eigenvalue weighted by Gasteiger charge is 2.40. The van der Waals surface area contributed by atoms with Crippen LogP contribution in [0.15, 0.2) is 71.8 Å². The van der Waals surface area contributed by atoms with E-state index in [1.54, 1.807) is 6.07 Å². The molecule has 3 heterocycles. The molecule has 0 unspecified atom stereocenters. The fourth-order valence-electron chi connectivity index (χ4n) is 4.46. The van der Waals surface area contributed by atoms with Crippen molar-refractivity contribution in [3.63, 3.8) is 0 Å². The maximum absolute atomic E-state index is 13.5. The molecule has 2 aliphatic heterocycles. The van der Waals surface area contributed by atoms with Crippen LogP contribution in [0.5, 0.6) is 5.75 Å². The van der Waals surface area contributed by atoms with E-state index >= 15 is 0 Å². The third-order valence-electron chi connectivity index (χ3n) is 6.19. The molecule has 0 N–H and O–H groups in total. The number of hydrogen-bond acceptors (Lipinski definition) is 6. The lowest BCUT2D eigenvalue weighted by Gasteiger charge is -2.24. The van der Waals surface area contributed by atoms with Crippen molar-refractivity contribution >= 4 is 27.4 Å². The van der Waals surface area contributed by atoms with Crippen LogP contribution in [0.1, 0.15) is 28.8 Å². The number of fused-ring (bicyclic) bond motifs is 1. The van der Waals surface area contributed by atoms with Crippen molar-refractivity contribution in [1.29, 1.82) is 0 Å². The van der Waals surface area contributed by atoms with Gasteiger partial charge in [0.1, 0.15) is 12.4 Å². The van der Waals surface area contributed by atoms with Crippen molar-refractivity contribution in [2.24, 2.45) is 0 Å². The molecule has 2 aromatic carbocycles. The van der Waals surface area contributed by atoms with Crippen LogP contribution >= 0.6 is 0 Å². The topological polar surface area (TPSA) is 96.9 Å². The van der Waals surface area contributed by atoms with E-state index in [9.17, 15) is 22.4 Å². The van der Waals surface area contributed by atoms with Crippen LogP contribution in [0.4, 0.5) is 10.1 Å². The Morgan fingerprint density at radius 2 is 1.86 bits per heavy atom. The molecule has 10 heteroatoms. The van der Waals surface area contributed by atoms with Crippen LogP contribution in [0.25, 0.3) is 0 Å². The summed E-state index contributed by atoms with van der Waals surface area (Å²) in [5.74, 6) is -1.62. The maximum atomic E-state index is 13.5. The normalized spacial score (nSPS) is 18.2. The smallest absolute Gasteiger partial charge is 0.299 e. The summed E-state index contributed by atoms with van der Waals surface area (Å²) in [6.07, 6.45) is 2.63. The molecule has 1 amide bonds. The summed E-state index contributed by atoms with van der Waals surface area (Å²) in [7, 11) is -3.92. The maximum Gasteiger partial charge on any atom is 0.299 e. The van der Waals surface area contributed by atoms with Gasteiger partial charge in [-0.15, -0.1) is 0 Å². The lowest BCUT2D eigenvalue weighted by atomic mass is 10.1. The Kier molecular flexibility index (Phi) is 6.08. The van der Waals surface area contributed by atoms with E-state index in [0.29, 0.717) is 36.4 Å². The molecule has 0 aliphatic carbocycles. The Balaban J connectivity index is 1.38. The number of anilines is 1. The Morgan fingerprint density at radius 1 is 1.06 bits per heavy atom. The SMILES string of the molecule is O=C1C(=O)N(Cc2ccnc(F)c2)c2ccc(S(=O)(=O)N3CCC[C@H]3COc3ccccc3)cc21. The predicted molar refractivity (Wildman–Crippen MR) is 125 cm³/mol. The van der Waals surface area contributed by atoms with Gasteiger partial charge in [0.2, 0.25) is 16.0 Å². The molecule has 0 radical (unpaired) electrons. The van der Waals surface area contributed by atoms with Gasteiger partial charge in [-0.3, -0.25) is 9.59 Å². The number of nitrogens with zero attached hydrogens (tertiary/aromatic N) is 3. The third-order valence-corrected chi connectivity index (χ3v) is 8.14. The molecule has 180 valence electrons. The number of ether oxygens (including phenoxy) is 1. The molecule has 8 nitrogen and oxygen atoms in total. The van der Waals surface area contributed by atoms with Crippen molar-refractivity contribution in [3.05, 3.63) is 83.9 Å². The molecule has 1 fully saturated rings. The highest BCUT2D eigenvalue weighted by molar-refractivity contribution is 7.89. The molecule has 1 atom stereocenters. The van der Waals surface area contributed by atoms with Gasteiger partial charge in [-0.1, -0.05) is 18.2 Å². The van der Waals surface area contributed by atoms with Gasteiger partial charge < -0.3 is 9.64 Å². The summed E-state index contributed by atoms with van der Waals surface area (Å²) in [5.41, 5.74) is 0.768. The number of sulfonamides is 1. The predicted octanol–water partition coefficient (Wildman–Crippen LogP) is 3.18. The average molecular weight is 496 g/mol. The van der Waals surface area contributed by atoms with E-state index in [4.69, 9.17) is 4.74 Å². The number of carbonyl (C=O) groups is 2. The molecule has 1 aromatic heterocycles. The van der Waals surface area contributed by atoms with Crippen LogP contribution in [0.2, 0.25) is 0 Å². The number of carbonyl (C=O) groups excluding carboxylic acids is 2. The number of benzene rings is 2. The first kappa shape index (κ1) is 23.1. The third kappa shape index (κ3) is 4.42. The minimum absolute atomic E-state index is 0.0156. The second kappa shape index (κ2) is 9.20. The number of hydrogen-bond donors (Lipinski definition) is 0. The van der Waals surface area contributed by atoms with Gasteiger partial charge in [0, 0.05) is 12.7 Å². The van der Waals surface area contributed by atoms with Crippen LogP contribution < -0.4 is 9.64 Å². The fraction of sp³-hybridized carbons (Fsp3) is 0.240. The summed E-state index contributed by atoms with van der Waals surface area (Å²) >= 11 is 0. The van der Waals surface area contributed by atoms with Gasteiger partial charge in [-0.05, 0) is 60.9 Å². The Hall–Kier alpha value is -3.63. The first-order chi connectivity index (χ1) is 16.8. The Morgan fingerprint density at radius 3 is 2.63 bits per heavy atom. The first-order valence-corrected chi connectivity index (χ1v) is 12.6. The molecule has 0 saturated carbocycles. The van der Waals surface area contributed by atoms with Gasteiger partial charge in [0.15, 0.2) is 0 Å². The molecule has 2 aliphatic rings. The number of rotatable bonds is 7. The monoisotopic (exact) mass is 495 g/mol. The zero-order valence-electron chi connectivity index (χ0n) is 18.6. The molecule has 5 rings (SSSR count). The molecular weight excluding hydrogens is 473 g/mol. The summed E-state index contributed by atoms with van der Waals surface area (Å²) in [6.45, 7) is 0.519. The summed E-state index contributed by atoms with van der Waals surface area (Å²) in [4.78, 5) is 30.0. The number of halogens is 1. The largest absolute Gasteiger partial charge is 0.492 e. The number of pyridine rings is 1. The van der Waals surface area contributed by atoms with E-state index in [2.05, 4.69) is 4.98 Å². The van der Waals surface area contributed by atoms with E-state index in [1.165, 1.54) is 39.7 Å². The van der Waals surface area contributed by atoms with E-state index < -0.39 is 27.7 Å². The highest BCUT2D eigenvalue weighted by atomic mass is 32.2. The van der Waals surface area contributed by atoms with Crippen molar-refractivity contribution in [3.8, 4) is 5.75 Å². The standard InChI is InChI=1S/C25H22FN3O5S/c26-23-13-17(10-11-27-23)15-28-22-9-8-20(14-21(22)24(30)25(28)31)35(32,33)29-12-4-5-18(29)16-34-19-6-2-1-3-7-19/h1-3,6-11,13-14,18H,4-5,12,15-16H2/t18-/m0/s1. The van der Waals surface area contributed by atoms with E-state index in [0.717, 1.165) is 0 Å². The summed E-state index contributed by atoms with van der Waals surface area (Å²) in [5, 5.41) is 0.